The SMILES string of the molecule is CC(C)CN(C(=O)c1ccc(Cl)nc1)C(C)C. The quantitative estimate of drug-likeness (QED) is 0.773. The maximum atomic E-state index is 12.3. The minimum Gasteiger partial charge on any atom is -0.336 e. The van der Waals surface area contributed by atoms with Crippen molar-refractivity contribution in [2.75, 3.05) is 6.54 Å². The van der Waals surface area contributed by atoms with Crippen LogP contribution < -0.4 is 0 Å². The van der Waals surface area contributed by atoms with Gasteiger partial charge in [-0.25, -0.2) is 4.98 Å². The van der Waals surface area contributed by atoms with Gasteiger partial charge in [-0.15, -0.1) is 0 Å². The lowest BCUT2D eigenvalue weighted by molar-refractivity contribution is 0.0681. The van der Waals surface area contributed by atoms with Crippen LogP contribution in [0, 0.1) is 5.92 Å². The van der Waals surface area contributed by atoms with Crippen molar-refractivity contribution in [3.8, 4) is 0 Å². The van der Waals surface area contributed by atoms with Gasteiger partial charge >= 0.3 is 0 Å². The first-order valence-electron chi connectivity index (χ1n) is 5.84. The van der Waals surface area contributed by atoms with Crippen LogP contribution in [-0.4, -0.2) is 28.4 Å². The molecule has 0 aliphatic heterocycles. The lowest BCUT2D eigenvalue weighted by Crippen LogP contribution is -2.39. The Morgan fingerprint density at radius 3 is 2.41 bits per heavy atom. The molecule has 0 saturated heterocycles. The van der Waals surface area contributed by atoms with Gasteiger partial charge in [0, 0.05) is 18.8 Å². The van der Waals surface area contributed by atoms with Gasteiger partial charge in [0.15, 0.2) is 0 Å². The molecular weight excluding hydrogens is 236 g/mol. The highest BCUT2D eigenvalue weighted by Gasteiger charge is 2.19. The van der Waals surface area contributed by atoms with Crippen LogP contribution >= 0.6 is 11.6 Å². The zero-order valence-electron chi connectivity index (χ0n) is 10.8. The Morgan fingerprint density at radius 2 is 2.00 bits per heavy atom. The van der Waals surface area contributed by atoms with E-state index in [2.05, 4.69) is 18.8 Å². The lowest BCUT2D eigenvalue weighted by Gasteiger charge is -2.28. The molecule has 1 amide bonds. The number of halogens is 1. The molecule has 94 valence electrons. The average molecular weight is 255 g/mol. The van der Waals surface area contributed by atoms with Crippen molar-refractivity contribution in [3.05, 3.63) is 29.0 Å². The fraction of sp³-hybridized carbons (Fsp3) is 0.538. The van der Waals surface area contributed by atoms with Gasteiger partial charge in [-0.1, -0.05) is 25.4 Å². The van der Waals surface area contributed by atoms with Crippen molar-refractivity contribution in [2.45, 2.75) is 33.7 Å². The standard InChI is InChI=1S/C13H19ClN2O/c1-9(2)8-16(10(3)4)13(17)11-5-6-12(14)15-7-11/h5-7,9-10H,8H2,1-4H3. The Kier molecular flexibility index (Phi) is 4.94. The first-order valence-corrected chi connectivity index (χ1v) is 6.22. The fourth-order valence-electron chi connectivity index (χ4n) is 1.59. The van der Waals surface area contributed by atoms with Crippen molar-refractivity contribution in [1.29, 1.82) is 0 Å². The molecule has 1 rings (SSSR count). The van der Waals surface area contributed by atoms with E-state index in [-0.39, 0.29) is 11.9 Å². The highest BCUT2D eigenvalue weighted by Crippen LogP contribution is 2.12. The van der Waals surface area contributed by atoms with E-state index in [1.807, 2.05) is 18.7 Å². The van der Waals surface area contributed by atoms with Crippen LogP contribution in [0.2, 0.25) is 5.15 Å². The summed E-state index contributed by atoms with van der Waals surface area (Å²) >= 11 is 5.71. The molecule has 0 N–H and O–H groups in total. The van der Waals surface area contributed by atoms with E-state index < -0.39 is 0 Å². The second-order valence-electron chi connectivity index (χ2n) is 4.81. The van der Waals surface area contributed by atoms with Gasteiger partial charge in [-0.2, -0.15) is 0 Å². The predicted octanol–water partition coefficient (Wildman–Crippen LogP) is 3.24. The normalized spacial score (nSPS) is 11.0. The van der Waals surface area contributed by atoms with Crippen LogP contribution in [0.4, 0.5) is 0 Å². The van der Waals surface area contributed by atoms with Crippen molar-refractivity contribution in [1.82, 2.24) is 9.88 Å². The molecule has 0 aliphatic rings. The molecule has 0 atom stereocenters. The van der Waals surface area contributed by atoms with Gasteiger partial charge < -0.3 is 4.90 Å². The van der Waals surface area contributed by atoms with Crippen LogP contribution in [0.1, 0.15) is 38.1 Å². The third-order valence-corrected chi connectivity index (χ3v) is 2.64. The first kappa shape index (κ1) is 14.0. The summed E-state index contributed by atoms with van der Waals surface area (Å²) < 4.78 is 0. The van der Waals surface area contributed by atoms with E-state index in [1.54, 1.807) is 12.1 Å². The summed E-state index contributed by atoms with van der Waals surface area (Å²) in [7, 11) is 0. The van der Waals surface area contributed by atoms with Gasteiger partial charge in [0.25, 0.3) is 5.91 Å². The van der Waals surface area contributed by atoms with E-state index in [9.17, 15) is 4.79 Å². The number of carbonyl (C=O) groups is 1. The van der Waals surface area contributed by atoms with Crippen LogP contribution in [-0.2, 0) is 0 Å². The molecule has 0 radical (unpaired) electrons. The maximum absolute atomic E-state index is 12.3. The fourth-order valence-corrected chi connectivity index (χ4v) is 1.70. The molecular formula is C13H19ClN2O. The summed E-state index contributed by atoms with van der Waals surface area (Å²) in [6.45, 7) is 8.98. The van der Waals surface area contributed by atoms with Crippen molar-refractivity contribution >= 4 is 17.5 Å². The van der Waals surface area contributed by atoms with Crippen LogP contribution in [0.5, 0.6) is 0 Å². The molecule has 1 aromatic rings. The summed E-state index contributed by atoms with van der Waals surface area (Å²) in [5, 5.41) is 0.404. The molecule has 4 heteroatoms. The van der Waals surface area contributed by atoms with Gasteiger partial charge in [-0.3, -0.25) is 4.79 Å². The van der Waals surface area contributed by atoms with E-state index in [0.29, 0.717) is 16.6 Å². The summed E-state index contributed by atoms with van der Waals surface area (Å²) in [6, 6.07) is 3.54. The van der Waals surface area contributed by atoms with Gasteiger partial charge in [0.1, 0.15) is 5.15 Å². The molecule has 1 aromatic heterocycles. The summed E-state index contributed by atoms with van der Waals surface area (Å²) in [6.07, 6.45) is 1.53. The molecule has 0 fully saturated rings. The average Bonchev–Trinajstić information content (AvgIpc) is 2.25. The Hall–Kier alpha value is -1.09. The Bertz CT molecular complexity index is 374. The second kappa shape index (κ2) is 6.01. The maximum Gasteiger partial charge on any atom is 0.255 e. The van der Waals surface area contributed by atoms with Gasteiger partial charge in [0.2, 0.25) is 0 Å². The second-order valence-corrected chi connectivity index (χ2v) is 5.20. The topological polar surface area (TPSA) is 33.2 Å². The van der Waals surface area contributed by atoms with Gasteiger partial charge in [-0.05, 0) is 31.9 Å². The summed E-state index contributed by atoms with van der Waals surface area (Å²) in [5.74, 6) is 0.458. The highest BCUT2D eigenvalue weighted by atomic mass is 35.5. The number of rotatable bonds is 4. The number of pyridine rings is 1. The smallest absolute Gasteiger partial charge is 0.255 e. The minimum absolute atomic E-state index is 0.0119. The van der Waals surface area contributed by atoms with Crippen LogP contribution in [0.25, 0.3) is 0 Å². The van der Waals surface area contributed by atoms with E-state index >= 15 is 0 Å². The summed E-state index contributed by atoms with van der Waals surface area (Å²) in [4.78, 5) is 18.1. The predicted molar refractivity (Wildman–Crippen MR) is 70.3 cm³/mol. The lowest BCUT2D eigenvalue weighted by atomic mass is 10.1. The van der Waals surface area contributed by atoms with Crippen LogP contribution in [0.15, 0.2) is 18.3 Å². The third kappa shape index (κ3) is 4.00. The van der Waals surface area contributed by atoms with E-state index in [0.717, 1.165) is 6.54 Å². The molecule has 1 heterocycles. The van der Waals surface area contributed by atoms with Crippen LogP contribution in [0.3, 0.4) is 0 Å². The zero-order valence-corrected chi connectivity index (χ0v) is 11.5. The molecule has 3 nitrogen and oxygen atoms in total. The van der Waals surface area contributed by atoms with Gasteiger partial charge in [0.05, 0.1) is 5.56 Å². The molecule has 0 aromatic carbocycles. The first-order chi connectivity index (χ1) is 7.91. The largest absolute Gasteiger partial charge is 0.336 e. The molecule has 0 saturated carbocycles. The molecule has 0 bridgehead atoms. The number of amides is 1. The molecule has 0 aliphatic carbocycles. The molecule has 0 unspecified atom stereocenters. The highest BCUT2D eigenvalue weighted by molar-refractivity contribution is 6.29. The zero-order chi connectivity index (χ0) is 13.0. The Morgan fingerprint density at radius 1 is 1.35 bits per heavy atom. The number of aromatic nitrogens is 1. The number of hydrogen-bond acceptors (Lipinski definition) is 2. The Balaban J connectivity index is 2.88. The van der Waals surface area contributed by atoms with Crippen molar-refractivity contribution < 1.29 is 4.79 Å². The van der Waals surface area contributed by atoms with E-state index in [4.69, 9.17) is 11.6 Å². The number of hydrogen-bond donors (Lipinski definition) is 0. The number of nitrogens with zero attached hydrogens (tertiary/aromatic N) is 2. The minimum atomic E-state index is 0.0119. The summed E-state index contributed by atoms with van der Waals surface area (Å²) in [5.41, 5.74) is 0.587. The third-order valence-electron chi connectivity index (χ3n) is 2.42. The Labute approximate surface area is 108 Å². The molecule has 17 heavy (non-hydrogen) atoms. The molecule has 0 spiro atoms. The monoisotopic (exact) mass is 254 g/mol. The van der Waals surface area contributed by atoms with E-state index in [1.165, 1.54) is 6.20 Å². The number of carbonyl (C=O) groups excluding carboxylic acids is 1. The van der Waals surface area contributed by atoms with Crippen molar-refractivity contribution in [2.24, 2.45) is 5.92 Å². The van der Waals surface area contributed by atoms with Crippen molar-refractivity contribution in [3.63, 3.8) is 0 Å².